The Balaban J connectivity index is 1.80. The standard InChI is InChI=1S/C16H16N6O/c1-21(2)13-5-3-4-12(8-13)16(23)20-14-9-15(19-10-18-14)22-7-6-17-11-22/h3-11H,1-2H3,(H,18,19,20,23). The fourth-order valence-corrected chi connectivity index (χ4v) is 2.07. The molecular weight excluding hydrogens is 292 g/mol. The fraction of sp³-hybridized carbons (Fsp3) is 0.125. The van der Waals surface area contributed by atoms with Crippen LogP contribution in [0.4, 0.5) is 11.5 Å². The summed E-state index contributed by atoms with van der Waals surface area (Å²) in [6, 6.07) is 9.07. The minimum absolute atomic E-state index is 0.219. The second kappa shape index (κ2) is 6.27. The van der Waals surface area contributed by atoms with Crippen molar-refractivity contribution in [2.75, 3.05) is 24.3 Å². The highest BCUT2D eigenvalue weighted by atomic mass is 16.1. The Hall–Kier alpha value is -3.22. The molecule has 23 heavy (non-hydrogen) atoms. The van der Waals surface area contributed by atoms with Gasteiger partial charge in [-0.2, -0.15) is 0 Å². The Labute approximate surface area is 133 Å². The highest BCUT2D eigenvalue weighted by Crippen LogP contribution is 2.15. The van der Waals surface area contributed by atoms with Gasteiger partial charge in [0.15, 0.2) is 0 Å². The first-order valence-corrected chi connectivity index (χ1v) is 7.02. The van der Waals surface area contributed by atoms with E-state index >= 15 is 0 Å². The van der Waals surface area contributed by atoms with E-state index in [-0.39, 0.29) is 5.91 Å². The molecule has 0 radical (unpaired) electrons. The number of nitrogens with one attached hydrogen (secondary N) is 1. The van der Waals surface area contributed by atoms with Crippen LogP contribution in [0.1, 0.15) is 10.4 Å². The van der Waals surface area contributed by atoms with Crippen molar-refractivity contribution in [1.82, 2.24) is 19.5 Å². The van der Waals surface area contributed by atoms with E-state index in [1.54, 1.807) is 35.4 Å². The molecule has 7 nitrogen and oxygen atoms in total. The Bertz CT molecular complexity index is 813. The van der Waals surface area contributed by atoms with Crippen LogP contribution in [0, 0.1) is 0 Å². The summed E-state index contributed by atoms with van der Waals surface area (Å²) < 4.78 is 1.74. The maximum absolute atomic E-state index is 12.4. The highest BCUT2D eigenvalue weighted by molar-refractivity contribution is 6.04. The second-order valence-corrected chi connectivity index (χ2v) is 5.13. The van der Waals surface area contributed by atoms with Crippen LogP contribution in [0.3, 0.4) is 0 Å². The van der Waals surface area contributed by atoms with Crippen molar-refractivity contribution < 1.29 is 4.79 Å². The Kier molecular flexibility index (Phi) is 4.01. The molecule has 0 aliphatic rings. The number of anilines is 2. The number of benzene rings is 1. The molecule has 116 valence electrons. The van der Waals surface area contributed by atoms with Crippen molar-refractivity contribution in [3.8, 4) is 5.82 Å². The molecule has 0 bridgehead atoms. The summed E-state index contributed by atoms with van der Waals surface area (Å²) in [5.41, 5.74) is 1.53. The predicted molar refractivity (Wildman–Crippen MR) is 87.9 cm³/mol. The van der Waals surface area contributed by atoms with Gasteiger partial charge in [0.2, 0.25) is 0 Å². The Morgan fingerprint density at radius 1 is 1.22 bits per heavy atom. The quantitative estimate of drug-likeness (QED) is 0.797. The third kappa shape index (κ3) is 3.34. The molecule has 0 unspecified atom stereocenters. The average molecular weight is 308 g/mol. The minimum Gasteiger partial charge on any atom is -0.378 e. The van der Waals surface area contributed by atoms with E-state index in [9.17, 15) is 4.79 Å². The summed E-state index contributed by atoms with van der Waals surface area (Å²) in [5.74, 6) is 0.850. The molecule has 3 aromatic rings. The average Bonchev–Trinajstić information content (AvgIpc) is 3.10. The minimum atomic E-state index is -0.219. The summed E-state index contributed by atoms with van der Waals surface area (Å²) in [6.45, 7) is 0. The molecule has 3 rings (SSSR count). The summed E-state index contributed by atoms with van der Waals surface area (Å²) in [6.07, 6.45) is 6.47. The van der Waals surface area contributed by atoms with Crippen molar-refractivity contribution in [2.24, 2.45) is 0 Å². The summed E-state index contributed by atoms with van der Waals surface area (Å²) in [7, 11) is 3.86. The number of amides is 1. The first-order valence-electron chi connectivity index (χ1n) is 7.02. The lowest BCUT2D eigenvalue weighted by atomic mass is 10.2. The van der Waals surface area contributed by atoms with E-state index in [2.05, 4.69) is 20.3 Å². The smallest absolute Gasteiger partial charge is 0.256 e. The Morgan fingerprint density at radius 2 is 2.09 bits per heavy atom. The largest absolute Gasteiger partial charge is 0.378 e. The summed E-state index contributed by atoms with van der Waals surface area (Å²) in [5, 5.41) is 2.78. The normalized spacial score (nSPS) is 10.3. The van der Waals surface area contributed by atoms with Crippen LogP contribution in [-0.4, -0.2) is 39.5 Å². The van der Waals surface area contributed by atoms with Gasteiger partial charge in [-0.25, -0.2) is 15.0 Å². The van der Waals surface area contributed by atoms with Gasteiger partial charge in [0.05, 0.1) is 0 Å². The molecule has 0 atom stereocenters. The van der Waals surface area contributed by atoms with Gasteiger partial charge in [-0.05, 0) is 18.2 Å². The van der Waals surface area contributed by atoms with Crippen LogP contribution < -0.4 is 10.2 Å². The summed E-state index contributed by atoms with van der Waals surface area (Å²) in [4.78, 5) is 26.5. The topological polar surface area (TPSA) is 75.9 Å². The molecule has 2 heterocycles. The third-order valence-corrected chi connectivity index (χ3v) is 3.29. The van der Waals surface area contributed by atoms with E-state index in [0.29, 0.717) is 17.2 Å². The molecular formula is C16H16N6O. The predicted octanol–water partition coefficient (Wildman–Crippen LogP) is 1.98. The van der Waals surface area contributed by atoms with Gasteiger partial charge >= 0.3 is 0 Å². The van der Waals surface area contributed by atoms with E-state index < -0.39 is 0 Å². The van der Waals surface area contributed by atoms with Crippen LogP contribution >= 0.6 is 0 Å². The molecule has 1 aromatic carbocycles. The second-order valence-electron chi connectivity index (χ2n) is 5.13. The number of rotatable bonds is 4. The molecule has 0 fully saturated rings. The maximum atomic E-state index is 12.4. The number of carbonyl (C=O) groups is 1. The van der Waals surface area contributed by atoms with E-state index in [1.807, 2.05) is 37.2 Å². The molecule has 0 spiro atoms. The number of hydrogen-bond donors (Lipinski definition) is 1. The Morgan fingerprint density at radius 3 is 2.83 bits per heavy atom. The van der Waals surface area contributed by atoms with Gasteiger partial charge in [0, 0.05) is 43.8 Å². The molecule has 2 aromatic heterocycles. The molecule has 0 saturated heterocycles. The number of imidazole rings is 1. The molecule has 1 N–H and O–H groups in total. The SMILES string of the molecule is CN(C)c1cccc(C(=O)Nc2cc(-n3ccnc3)ncn2)c1. The molecule has 1 amide bonds. The third-order valence-electron chi connectivity index (χ3n) is 3.29. The lowest BCUT2D eigenvalue weighted by molar-refractivity contribution is 0.102. The van der Waals surface area contributed by atoms with Crippen LogP contribution in [-0.2, 0) is 0 Å². The van der Waals surface area contributed by atoms with Gasteiger partial charge in [0.25, 0.3) is 5.91 Å². The fourth-order valence-electron chi connectivity index (χ4n) is 2.07. The highest BCUT2D eigenvalue weighted by Gasteiger charge is 2.09. The zero-order valence-electron chi connectivity index (χ0n) is 12.8. The van der Waals surface area contributed by atoms with Crippen molar-refractivity contribution >= 4 is 17.4 Å². The van der Waals surface area contributed by atoms with E-state index in [4.69, 9.17) is 0 Å². The van der Waals surface area contributed by atoms with E-state index in [1.165, 1.54) is 6.33 Å². The van der Waals surface area contributed by atoms with Gasteiger partial charge in [0.1, 0.15) is 24.3 Å². The lowest BCUT2D eigenvalue weighted by Gasteiger charge is -2.13. The van der Waals surface area contributed by atoms with Gasteiger partial charge in [-0.1, -0.05) is 6.07 Å². The molecule has 0 aliphatic carbocycles. The van der Waals surface area contributed by atoms with Gasteiger partial charge in [-0.3, -0.25) is 9.36 Å². The maximum Gasteiger partial charge on any atom is 0.256 e. The first-order chi connectivity index (χ1) is 11.1. The van der Waals surface area contributed by atoms with Crippen LogP contribution in [0.15, 0.2) is 55.4 Å². The number of aromatic nitrogens is 4. The monoisotopic (exact) mass is 308 g/mol. The summed E-state index contributed by atoms with van der Waals surface area (Å²) >= 11 is 0. The number of hydrogen-bond acceptors (Lipinski definition) is 5. The van der Waals surface area contributed by atoms with Crippen LogP contribution in [0.2, 0.25) is 0 Å². The molecule has 0 aliphatic heterocycles. The zero-order chi connectivity index (χ0) is 16.2. The van der Waals surface area contributed by atoms with Crippen LogP contribution in [0.5, 0.6) is 0 Å². The van der Waals surface area contributed by atoms with Crippen molar-refractivity contribution in [1.29, 1.82) is 0 Å². The van der Waals surface area contributed by atoms with Crippen molar-refractivity contribution in [2.45, 2.75) is 0 Å². The first kappa shape index (κ1) is 14.7. The van der Waals surface area contributed by atoms with Crippen molar-refractivity contribution in [3.05, 3.63) is 60.9 Å². The van der Waals surface area contributed by atoms with Gasteiger partial charge in [-0.15, -0.1) is 0 Å². The lowest BCUT2D eigenvalue weighted by Crippen LogP contribution is -2.15. The van der Waals surface area contributed by atoms with Gasteiger partial charge < -0.3 is 10.2 Å². The number of nitrogens with zero attached hydrogens (tertiary/aromatic N) is 5. The number of carbonyl (C=O) groups excluding carboxylic acids is 1. The zero-order valence-corrected chi connectivity index (χ0v) is 12.8. The van der Waals surface area contributed by atoms with Crippen LogP contribution in [0.25, 0.3) is 5.82 Å². The van der Waals surface area contributed by atoms with E-state index in [0.717, 1.165) is 5.69 Å². The van der Waals surface area contributed by atoms with Crippen molar-refractivity contribution in [3.63, 3.8) is 0 Å². The molecule has 7 heteroatoms. The molecule has 0 saturated carbocycles.